The number of halogens is 6. The summed E-state index contributed by atoms with van der Waals surface area (Å²) in [6.07, 6.45) is -2.60. The molecule has 2 fully saturated rings. The van der Waals surface area contributed by atoms with E-state index in [1.54, 1.807) is 11.0 Å². The molecule has 1 aromatic carbocycles. The van der Waals surface area contributed by atoms with Gasteiger partial charge in [0.05, 0.1) is 12.2 Å². The van der Waals surface area contributed by atoms with Gasteiger partial charge < -0.3 is 4.90 Å². The molecule has 6 rings (SSSR count). The van der Waals surface area contributed by atoms with E-state index in [4.69, 9.17) is 11.6 Å². The molecule has 0 atom stereocenters. The van der Waals surface area contributed by atoms with Crippen molar-refractivity contribution in [2.45, 2.75) is 69.3 Å². The van der Waals surface area contributed by atoms with E-state index in [9.17, 15) is 22.0 Å². The number of anilines is 1. The Labute approximate surface area is 220 Å². The van der Waals surface area contributed by atoms with Gasteiger partial charge in [0.15, 0.2) is 5.82 Å². The smallest absolute Gasteiger partial charge is 0.341 e. The zero-order valence-electron chi connectivity index (χ0n) is 20.5. The Balaban J connectivity index is 1.27. The molecular formula is C25H25ClF5N7. The first-order valence-electron chi connectivity index (χ1n) is 12.4. The highest BCUT2D eigenvalue weighted by Gasteiger charge is 2.57. The quantitative estimate of drug-likeness (QED) is 0.393. The second kappa shape index (κ2) is 8.84. The molecule has 0 unspecified atom stereocenters. The number of piperidine rings is 1. The Morgan fingerprint density at radius 1 is 1.03 bits per heavy atom. The summed E-state index contributed by atoms with van der Waals surface area (Å²) in [6, 6.07) is 6.41. The zero-order chi connectivity index (χ0) is 26.9. The highest BCUT2D eigenvalue weighted by atomic mass is 35.5. The Hall–Kier alpha value is -2.86. The average Bonchev–Trinajstić information content (AvgIpc) is 3.18. The Bertz CT molecular complexity index is 1360. The van der Waals surface area contributed by atoms with E-state index in [1.807, 2.05) is 28.5 Å². The second-order valence-electron chi connectivity index (χ2n) is 10.6. The van der Waals surface area contributed by atoms with Gasteiger partial charge in [-0.25, -0.2) is 18.7 Å². The third kappa shape index (κ3) is 4.51. The van der Waals surface area contributed by atoms with E-state index in [-0.39, 0.29) is 24.7 Å². The highest BCUT2D eigenvalue weighted by molar-refractivity contribution is 6.30. The largest absolute Gasteiger partial charge is 0.433 e. The summed E-state index contributed by atoms with van der Waals surface area (Å²) < 4.78 is 69.1. The number of aromatic nitrogens is 5. The normalized spacial score (nSPS) is 21.4. The molecule has 1 saturated heterocycles. The molecule has 0 N–H and O–H groups in total. The molecule has 13 heteroatoms. The topological polar surface area (TPSA) is 63.0 Å². The Morgan fingerprint density at radius 2 is 1.76 bits per heavy atom. The number of alkyl halides is 5. The minimum Gasteiger partial charge on any atom is -0.341 e. The summed E-state index contributed by atoms with van der Waals surface area (Å²) in [5, 5.41) is 9.56. The van der Waals surface area contributed by atoms with Gasteiger partial charge in [0.1, 0.15) is 11.5 Å². The number of benzene rings is 1. The molecule has 1 aliphatic carbocycles. The van der Waals surface area contributed by atoms with Gasteiger partial charge in [-0.15, -0.1) is 10.2 Å². The summed E-state index contributed by atoms with van der Waals surface area (Å²) in [6.45, 7) is 3.59. The zero-order valence-corrected chi connectivity index (χ0v) is 21.3. The van der Waals surface area contributed by atoms with E-state index in [0.717, 1.165) is 29.3 Å². The standard InChI is InChI=1S/C25H25ClF5N7/c1-23(13-24(27,28)14-23)37-11-16-10-17(26)2-3-18(16)38-20(12-37)34-35-21(38)15-5-8-36(9-6-15)22-32-7-4-19(33-22)25(29,30)31/h2-4,7,10,15H,5-6,8-9,11-14H2,1H3. The van der Waals surface area contributed by atoms with E-state index in [1.165, 1.54) is 0 Å². The van der Waals surface area contributed by atoms with E-state index >= 15 is 0 Å². The maximum absolute atomic E-state index is 13.9. The molecule has 0 bridgehead atoms. The van der Waals surface area contributed by atoms with Crippen LogP contribution in [0.1, 0.15) is 61.4 Å². The van der Waals surface area contributed by atoms with Crippen LogP contribution in [0.15, 0.2) is 30.5 Å². The van der Waals surface area contributed by atoms with Crippen molar-refractivity contribution in [2.75, 3.05) is 18.0 Å². The molecule has 0 amide bonds. The van der Waals surface area contributed by atoms with Crippen LogP contribution in [0.3, 0.4) is 0 Å². The first-order chi connectivity index (χ1) is 17.9. The van der Waals surface area contributed by atoms with Crippen LogP contribution in [-0.2, 0) is 19.3 Å². The summed E-state index contributed by atoms with van der Waals surface area (Å²) in [4.78, 5) is 11.5. The summed E-state index contributed by atoms with van der Waals surface area (Å²) >= 11 is 6.32. The van der Waals surface area contributed by atoms with Crippen molar-refractivity contribution in [3.05, 3.63) is 58.4 Å². The molecule has 202 valence electrons. The van der Waals surface area contributed by atoms with Crippen molar-refractivity contribution >= 4 is 17.5 Å². The lowest BCUT2D eigenvalue weighted by Gasteiger charge is -2.51. The van der Waals surface area contributed by atoms with Crippen LogP contribution in [-0.4, -0.2) is 54.2 Å². The molecular weight excluding hydrogens is 529 g/mol. The fourth-order valence-corrected chi connectivity index (χ4v) is 6.15. The minimum absolute atomic E-state index is 0.00278. The van der Waals surface area contributed by atoms with Crippen LogP contribution in [0.2, 0.25) is 5.02 Å². The minimum atomic E-state index is -4.54. The average molecular weight is 554 g/mol. The molecule has 7 nitrogen and oxygen atoms in total. The van der Waals surface area contributed by atoms with E-state index in [0.29, 0.717) is 49.9 Å². The van der Waals surface area contributed by atoms with Crippen molar-refractivity contribution in [1.82, 2.24) is 29.6 Å². The van der Waals surface area contributed by atoms with E-state index < -0.39 is 23.3 Å². The monoisotopic (exact) mass is 553 g/mol. The van der Waals surface area contributed by atoms with Gasteiger partial charge >= 0.3 is 6.18 Å². The number of hydrogen-bond acceptors (Lipinski definition) is 6. The van der Waals surface area contributed by atoms with Crippen LogP contribution in [0.25, 0.3) is 5.69 Å². The molecule has 1 saturated carbocycles. The first-order valence-corrected chi connectivity index (χ1v) is 12.8. The van der Waals surface area contributed by atoms with Crippen molar-refractivity contribution in [3.63, 3.8) is 0 Å². The van der Waals surface area contributed by atoms with Gasteiger partial charge in [-0.05, 0) is 49.6 Å². The third-order valence-corrected chi connectivity index (χ3v) is 8.08. The summed E-state index contributed by atoms with van der Waals surface area (Å²) in [7, 11) is 0. The lowest BCUT2D eigenvalue weighted by Crippen LogP contribution is -2.59. The number of rotatable bonds is 3. The van der Waals surface area contributed by atoms with Crippen LogP contribution in [0, 0.1) is 0 Å². The van der Waals surface area contributed by atoms with Crippen LogP contribution in [0.4, 0.5) is 27.9 Å². The molecule has 3 aromatic rings. The first kappa shape index (κ1) is 25.4. The van der Waals surface area contributed by atoms with Crippen LogP contribution in [0.5, 0.6) is 0 Å². The fraction of sp³-hybridized carbons (Fsp3) is 0.520. The lowest BCUT2D eigenvalue weighted by atomic mass is 9.73. The highest BCUT2D eigenvalue weighted by Crippen LogP contribution is 2.50. The van der Waals surface area contributed by atoms with E-state index in [2.05, 4.69) is 20.2 Å². The van der Waals surface area contributed by atoms with Gasteiger partial charge in [0.25, 0.3) is 5.92 Å². The van der Waals surface area contributed by atoms with Crippen molar-refractivity contribution in [3.8, 4) is 5.69 Å². The van der Waals surface area contributed by atoms with Crippen LogP contribution >= 0.6 is 11.6 Å². The summed E-state index contributed by atoms with van der Waals surface area (Å²) in [5.41, 5.74) is 0.139. The molecule has 2 aliphatic heterocycles. The predicted molar refractivity (Wildman–Crippen MR) is 129 cm³/mol. The number of fused-ring (bicyclic) bond motifs is 3. The maximum Gasteiger partial charge on any atom is 0.433 e. The van der Waals surface area contributed by atoms with Gasteiger partial charge in [0, 0.05) is 55.2 Å². The predicted octanol–water partition coefficient (Wildman–Crippen LogP) is 5.62. The van der Waals surface area contributed by atoms with Gasteiger partial charge in [0.2, 0.25) is 5.95 Å². The lowest BCUT2D eigenvalue weighted by molar-refractivity contribution is -0.173. The van der Waals surface area contributed by atoms with Gasteiger partial charge in [-0.3, -0.25) is 9.47 Å². The Kier molecular flexibility index (Phi) is 5.91. The SMILES string of the molecule is CC1(N2Cc3cc(Cl)ccc3-n3c(nnc3C3CCN(c4nccc(C(F)(F)F)n4)CC3)C2)CC(F)(F)C1. The molecule has 0 spiro atoms. The van der Waals surface area contributed by atoms with Crippen molar-refractivity contribution in [1.29, 1.82) is 0 Å². The number of nitrogens with zero attached hydrogens (tertiary/aromatic N) is 7. The molecule has 38 heavy (non-hydrogen) atoms. The number of hydrogen-bond donors (Lipinski definition) is 0. The maximum atomic E-state index is 13.9. The fourth-order valence-electron chi connectivity index (χ4n) is 5.95. The van der Waals surface area contributed by atoms with Crippen LogP contribution < -0.4 is 4.90 Å². The van der Waals surface area contributed by atoms with Crippen molar-refractivity contribution in [2.24, 2.45) is 0 Å². The molecule has 4 heterocycles. The van der Waals surface area contributed by atoms with Crippen molar-refractivity contribution < 1.29 is 22.0 Å². The molecule has 3 aliphatic rings. The molecule has 0 radical (unpaired) electrons. The molecule has 2 aromatic heterocycles. The third-order valence-electron chi connectivity index (χ3n) is 7.85. The summed E-state index contributed by atoms with van der Waals surface area (Å²) in [5.74, 6) is -1.20. The van der Waals surface area contributed by atoms with Gasteiger partial charge in [-0.2, -0.15) is 13.2 Å². The second-order valence-corrected chi connectivity index (χ2v) is 11.1. The Morgan fingerprint density at radius 3 is 2.45 bits per heavy atom. The van der Waals surface area contributed by atoms with Gasteiger partial charge in [-0.1, -0.05) is 11.6 Å².